The summed E-state index contributed by atoms with van der Waals surface area (Å²) in [6.45, 7) is -0.161. The molecule has 0 radical (unpaired) electrons. The Morgan fingerprint density at radius 3 is 2.35 bits per heavy atom. The maximum Gasteiger partial charge on any atom is 0.412 e. The monoisotopic (exact) mass is 325 g/mol. The molecule has 0 unspecified atom stereocenters. The van der Waals surface area contributed by atoms with E-state index in [0.29, 0.717) is 5.56 Å². The molecule has 1 amide bonds. The second-order valence-electron chi connectivity index (χ2n) is 4.40. The van der Waals surface area contributed by atoms with E-state index in [1.807, 2.05) is 0 Å². The van der Waals surface area contributed by atoms with Gasteiger partial charge in [-0.05, 0) is 11.6 Å². The van der Waals surface area contributed by atoms with Crippen LogP contribution in [0.5, 0.6) is 0 Å². The van der Waals surface area contributed by atoms with Crippen LogP contribution in [0.1, 0.15) is 15.9 Å². The van der Waals surface area contributed by atoms with E-state index in [1.165, 1.54) is 0 Å². The summed E-state index contributed by atoms with van der Waals surface area (Å²) in [5.74, 6) is -6.87. The number of halogens is 3. The van der Waals surface area contributed by atoms with Gasteiger partial charge in [0.25, 0.3) is 0 Å². The molecule has 120 valence electrons. The Balaban J connectivity index is 2.12. The van der Waals surface area contributed by atoms with E-state index in [2.05, 4.69) is 0 Å². The van der Waals surface area contributed by atoms with E-state index < -0.39 is 40.8 Å². The molecule has 2 N–H and O–H groups in total. The zero-order valence-corrected chi connectivity index (χ0v) is 11.5. The lowest BCUT2D eigenvalue weighted by Gasteiger charge is -2.10. The molecule has 0 aliphatic rings. The van der Waals surface area contributed by atoms with Crippen LogP contribution < -0.4 is 5.32 Å². The smallest absolute Gasteiger partial charge is 0.412 e. The maximum absolute atomic E-state index is 13.7. The molecule has 0 fully saturated rings. The fraction of sp³-hybridized carbons (Fsp3) is 0.0667. The maximum atomic E-state index is 13.7. The molecule has 23 heavy (non-hydrogen) atoms. The fourth-order valence-corrected chi connectivity index (χ4v) is 1.73. The van der Waals surface area contributed by atoms with Gasteiger partial charge in [0.1, 0.15) is 17.9 Å². The first kappa shape index (κ1) is 16.3. The zero-order valence-electron chi connectivity index (χ0n) is 11.5. The van der Waals surface area contributed by atoms with Crippen molar-refractivity contribution in [2.24, 2.45) is 0 Å². The largest absolute Gasteiger partial charge is 0.478 e. The predicted octanol–water partition coefficient (Wildman–Crippen LogP) is 3.55. The summed E-state index contributed by atoms with van der Waals surface area (Å²) < 4.78 is 45.5. The van der Waals surface area contributed by atoms with Gasteiger partial charge in [-0.1, -0.05) is 30.3 Å². The van der Waals surface area contributed by atoms with Gasteiger partial charge in [-0.2, -0.15) is 0 Å². The second-order valence-corrected chi connectivity index (χ2v) is 4.40. The summed E-state index contributed by atoms with van der Waals surface area (Å²) in [7, 11) is 0. The normalized spacial score (nSPS) is 10.2. The lowest BCUT2D eigenvalue weighted by atomic mass is 10.1. The minimum absolute atomic E-state index is 0.161. The number of carboxylic acid groups (broad SMARTS) is 1. The number of aromatic carboxylic acids is 1. The number of benzene rings is 2. The Kier molecular flexibility index (Phi) is 4.85. The van der Waals surface area contributed by atoms with Crippen molar-refractivity contribution >= 4 is 17.7 Å². The molecule has 0 saturated carbocycles. The van der Waals surface area contributed by atoms with Crippen molar-refractivity contribution < 1.29 is 32.6 Å². The Morgan fingerprint density at radius 2 is 1.74 bits per heavy atom. The summed E-state index contributed by atoms with van der Waals surface area (Å²) in [6, 6.07) is 8.76. The average molecular weight is 325 g/mol. The quantitative estimate of drug-likeness (QED) is 0.843. The molecule has 0 aliphatic carbocycles. The highest BCUT2D eigenvalue weighted by molar-refractivity contribution is 5.90. The van der Waals surface area contributed by atoms with Crippen LogP contribution in [0, 0.1) is 17.5 Å². The van der Waals surface area contributed by atoms with Crippen LogP contribution in [0.15, 0.2) is 36.4 Å². The zero-order chi connectivity index (χ0) is 17.0. The Morgan fingerprint density at radius 1 is 1.09 bits per heavy atom. The van der Waals surface area contributed by atoms with Crippen molar-refractivity contribution in [2.75, 3.05) is 5.32 Å². The number of nitrogens with one attached hydrogen (secondary N) is 1. The number of ether oxygens (including phenoxy) is 1. The highest BCUT2D eigenvalue weighted by Gasteiger charge is 2.24. The lowest BCUT2D eigenvalue weighted by Crippen LogP contribution is -2.17. The lowest BCUT2D eigenvalue weighted by molar-refractivity contribution is 0.0690. The Labute approximate surface area is 128 Å². The third kappa shape index (κ3) is 3.79. The molecular formula is C15H10F3NO4. The first-order valence-corrected chi connectivity index (χ1v) is 6.28. The number of hydrogen-bond acceptors (Lipinski definition) is 3. The molecular weight excluding hydrogens is 315 g/mol. The van der Waals surface area contributed by atoms with E-state index in [0.717, 1.165) is 0 Å². The number of rotatable bonds is 4. The average Bonchev–Trinajstić information content (AvgIpc) is 2.53. The van der Waals surface area contributed by atoms with Crippen LogP contribution in [0.3, 0.4) is 0 Å². The van der Waals surface area contributed by atoms with E-state index in [4.69, 9.17) is 9.84 Å². The van der Waals surface area contributed by atoms with Gasteiger partial charge in [0.15, 0.2) is 17.5 Å². The van der Waals surface area contributed by atoms with Crippen LogP contribution >= 0.6 is 0 Å². The van der Waals surface area contributed by atoms with Crippen LogP contribution in [0.25, 0.3) is 0 Å². The highest BCUT2D eigenvalue weighted by Crippen LogP contribution is 2.25. The van der Waals surface area contributed by atoms with Crippen LogP contribution in [0.4, 0.5) is 23.7 Å². The SMILES string of the molecule is O=C(Nc1c(F)cc(C(=O)O)c(F)c1F)OCc1ccccc1. The number of carbonyl (C=O) groups excluding carboxylic acids is 1. The van der Waals surface area contributed by atoms with Crippen LogP contribution in [0.2, 0.25) is 0 Å². The van der Waals surface area contributed by atoms with Gasteiger partial charge in [0.05, 0.1) is 0 Å². The molecule has 0 spiro atoms. The molecule has 0 saturated heterocycles. The first-order valence-electron chi connectivity index (χ1n) is 6.28. The molecule has 0 heterocycles. The van der Waals surface area contributed by atoms with Crippen molar-refractivity contribution in [1.82, 2.24) is 0 Å². The Bertz CT molecular complexity index is 750. The minimum Gasteiger partial charge on any atom is -0.478 e. The van der Waals surface area contributed by atoms with E-state index >= 15 is 0 Å². The highest BCUT2D eigenvalue weighted by atomic mass is 19.2. The number of amides is 1. The van der Waals surface area contributed by atoms with Gasteiger partial charge >= 0.3 is 12.1 Å². The number of anilines is 1. The second kappa shape index (κ2) is 6.82. The van der Waals surface area contributed by atoms with Gasteiger partial charge in [-0.3, -0.25) is 5.32 Å². The van der Waals surface area contributed by atoms with E-state index in [9.17, 15) is 22.8 Å². The predicted molar refractivity (Wildman–Crippen MR) is 73.5 cm³/mol. The topological polar surface area (TPSA) is 75.6 Å². The molecule has 0 atom stereocenters. The molecule has 0 aromatic heterocycles. The summed E-state index contributed by atoms with van der Waals surface area (Å²) in [6.07, 6.45) is -1.21. The molecule has 2 aromatic rings. The van der Waals surface area contributed by atoms with Gasteiger partial charge in [0.2, 0.25) is 0 Å². The van der Waals surface area contributed by atoms with Gasteiger partial charge in [0, 0.05) is 0 Å². The summed E-state index contributed by atoms with van der Waals surface area (Å²) in [5.41, 5.74) is -1.66. The minimum atomic E-state index is -1.83. The van der Waals surface area contributed by atoms with Gasteiger partial charge < -0.3 is 9.84 Å². The van der Waals surface area contributed by atoms with Crippen molar-refractivity contribution in [2.45, 2.75) is 6.61 Å². The molecule has 8 heteroatoms. The molecule has 2 aromatic carbocycles. The number of hydrogen-bond donors (Lipinski definition) is 2. The summed E-state index contributed by atoms with van der Waals surface area (Å²) >= 11 is 0. The molecule has 5 nitrogen and oxygen atoms in total. The van der Waals surface area contributed by atoms with Gasteiger partial charge in [-0.25, -0.2) is 22.8 Å². The summed E-state index contributed by atoms with van der Waals surface area (Å²) in [5, 5.41) is 10.3. The van der Waals surface area contributed by atoms with Crippen LogP contribution in [-0.4, -0.2) is 17.2 Å². The van der Waals surface area contributed by atoms with E-state index in [1.54, 1.807) is 35.6 Å². The summed E-state index contributed by atoms with van der Waals surface area (Å²) in [4.78, 5) is 22.1. The number of carboxylic acids is 1. The third-order valence-corrected chi connectivity index (χ3v) is 2.83. The first-order chi connectivity index (χ1) is 10.9. The van der Waals surface area contributed by atoms with Crippen molar-refractivity contribution in [3.05, 3.63) is 65.0 Å². The van der Waals surface area contributed by atoms with Crippen molar-refractivity contribution in [3.63, 3.8) is 0 Å². The van der Waals surface area contributed by atoms with Gasteiger partial charge in [-0.15, -0.1) is 0 Å². The van der Waals surface area contributed by atoms with Crippen LogP contribution in [-0.2, 0) is 11.3 Å². The fourth-order valence-electron chi connectivity index (χ4n) is 1.73. The Hall–Kier alpha value is -3.03. The number of carbonyl (C=O) groups is 2. The van der Waals surface area contributed by atoms with Crippen molar-refractivity contribution in [1.29, 1.82) is 0 Å². The molecule has 0 aliphatic heterocycles. The molecule has 0 bridgehead atoms. The third-order valence-electron chi connectivity index (χ3n) is 2.83. The van der Waals surface area contributed by atoms with Crippen molar-refractivity contribution in [3.8, 4) is 0 Å². The van der Waals surface area contributed by atoms with E-state index in [-0.39, 0.29) is 12.7 Å². The molecule has 2 rings (SSSR count). The standard InChI is InChI=1S/C15H10F3NO4/c16-10-6-9(14(20)21)11(17)12(18)13(10)19-15(22)23-7-8-4-2-1-3-5-8/h1-6H,7H2,(H,19,22)(H,20,21).